The van der Waals surface area contributed by atoms with Gasteiger partial charge >= 0.3 is 0 Å². The van der Waals surface area contributed by atoms with Crippen LogP contribution in [0.1, 0.15) is 142 Å². The molecule has 0 bridgehead atoms. The summed E-state index contributed by atoms with van der Waals surface area (Å²) in [6.45, 7) is 3.42. The first-order chi connectivity index (χ1) is 21.4. The average Bonchev–Trinajstić information content (AvgIpc) is 3.57. The molecule has 0 radical (unpaired) electrons. The van der Waals surface area contributed by atoms with Crippen molar-refractivity contribution in [1.29, 1.82) is 0 Å². The van der Waals surface area contributed by atoms with E-state index in [1.807, 2.05) is 11.3 Å². The van der Waals surface area contributed by atoms with Gasteiger partial charge < -0.3 is 4.57 Å². The Morgan fingerprint density at radius 1 is 0.442 bits per heavy atom. The third kappa shape index (κ3) is 8.87. The molecule has 5 rings (SSSR count). The van der Waals surface area contributed by atoms with Gasteiger partial charge in [0, 0.05) is 43.0 Å². The lowest BCUT2D eigenvalue weighted by molar-refractivity contribution is 0.517. The van der Waals surface area contributed by atoms with E-state index in [0.29, 0.717) is 0 Å². The van der Waals surface area contributed by atoms with Crippen molar-refractivity contribution in [1.82, 2.24) is 4.57 Å². The Kier molecular flexibility index (Phi) is 13.3. The number of para-hydroxylation sites is 1. The molecule has 0 atom stereocenters. The van der Waals surface area contributed by atoms with Gasteiger partial charge in [0.15, 0.2) is 0 Å². The van der Waals surface area contributed by atoms with Crippen LogP contribution in [0.25, 0.3) is 42.0 Å². The highest BCUT2D eigenvalue weighted by Crippen LogP contribution is 2.41. The number of hydrogen-bond acceptors (Lipinski definition) is 1. The number of rotatable bonds is 22. The Morgan fingerprint density at radius 3 is 1.51 bits per heavy atom. The maximum absolute atomic E-state index is 2.64. The molecule has 0 aliphatic rings. The van der Waals surface area contributed by atoms with Crippen molar-refractivity contribution >= 4 is 53.3 Å². The van der Waals surface area contributed by atoms with E-state index in [4.69, 9.17) is 0 Å². The maximum atomic E-state index is 2.64. The van der Waals surface area contributed by atoms with Gasteiger partial charge in [-0.3, -0.25) is 0 Å². The fourth-order valence-electron chi connectivity index (χ4n) is 7.29. The van der Waals surface area contributed by atoms with Crippen molar-refractivity contribution in [3.8, 4) is 0 Å². The Morgan fingerprint density at radius 2 is 0.930 bits per heavy atom. The van der Waals surface area contributed by atoms with Gasteiger partial charge in [0.2, 0.25) is 0 Å². The zero-order chi connectivity index (χ0) is 29.5. The zero-order valence-corrected chi connectivity index (χ0v) is 28.0. The molecular formula is C41H57NS. The normalized spacial score (nSPS) is 12.0. The van der Waals surface area contributed by atoms with Crippen LogP contribution >= 0.6 is 11.3 Å². The van der Waals surface area contributed by atoms with E-state index < -0.39 is 0 Å². The van der Waals surface area contributed by atoms with E-state index in [9.17, 15) is 0 Å². The first-order valence-corrected chi connectivity index (χ1v) is 19.0. The van der Waals surface area contributed by atoms with Crippen molar-refractivity contribution in [2.45, 2.75) is 148 Å². The molecule has 0 amide bonds. The number of benzene rings is 3. The minimum absolute atomic E-state index is 1.12. The highest BCUT2D eigenvalue weighted by Gasteiger charge is 2.16. The van der Waals surface area contributed by atoms with Crippen LogP contribution in [0.15, 0.2) is 60.7 Å². The molecular weight excluding hydrogens is 539 g/mol. The van der Waals surface area contributed by atoms with Crippen LogP contribution in [0, 0.1) is 0 Å². The van der Waals surface area contributed by atoms with Gasteiger partial charge in [-0.15, -0.1) is 11.3 Å². The summed E-state index contributed by atoms with van der Waals surface area (Å²) in [6, 6.07) is 22.7. The van der Waals surface area contributed by atoms with Crippen LogP contribution in [0.4, 0.5) is 0 Å². The molecule has 0 unspecified atom stereocenters. The number of nitrogens with zero attached hydrogens (tertiary/aromatic N) is 1. The van der Waals surface area contributed by atoms with Gasteiger partial charge in [-0.05, 0) is 24.6 Å². The fraction of sp³-hybridized carbons (Fsp3) is 0.561. The third-order valence-corrected chi connectivity index (χ3v) is 10.9. The largest absolute Gasteiger partial charge is 0.340 e. The molecule has 3 aromatic carbocycles. The lowest BCUT2D eigenvalue weighted by Gasteiger charge is -2.09. The maximum Gasteiger partial charge on any atom is 0.0585 e. The van der Waals surface area contributed by atoms with Gasteiger partial charge in [-0.2, -0.15) is 0 Å². The lowest BCUT2D eigenvalue weighted by atomic mass is 10.0. The van der Waals surface area contributed by atoms with Crippen LogP contribution in [0.5, 0.6) is 0 Å². The summed E-state index contributed by atoms with van der Waals surface area (Å²) in [5.41, 5.74) is 2.85. The quantitative estimate of drug-likeness (QED) is 0.0701. The first-order valence-electron chi connectivity index (χ1n) is 18.2. The Hall–Kier alpha value is -2.32. The minimum Gasteiger partial charge on any atom is -0.340 e. The predicted molar refractivity (Wildman–Crippen MR) is 195 cm³/mol. The molecule has 0 saturated heterocycles. The predicted octanol–water partition coefficient (Wildman–Crippen LogP) is 14.4. The average molecular weight is 596 g/mol. The molecule has 0 fully saturated rings. The Balaban J connectivity index is 0.951. The summed E-state index contributed by atoms with van der Waals surface area (Å²) in [5.74, 6) is 0. The first kappa shape index (κ1) is 32.1. The second-order valence-electron chi connectivity index (χ2n) is 13.2. The summed E-state index contributed by atoms with van der Waals surface area (Å²) in [4.78, 5) is 0. The second-order valence-corrected chi connectivity index (χ2v) is 14.3. The van der Waals surface area contributed by atoms with E-state index in [0.717, 1.165) is 6.54 Å². The van der Waals surface area contributed by atoms with Crippen molar-refractivity contribution < 1.29 is 0 Å². The number of fused-ring (bicyclic) bond motifs is 7. The molecule has 232 valence electrons. The molecule has 1 nitrogen and oxygen atoms in total. The molecule has 0 aliphatic carbocycles. The molecule has 0 saturated carbocycles. The number of unbranched alkanes of at least 4 members (excludes halogenated alkanes) is 20. The monoisotopic (exact) mass is 595 g/mol. The lowest BCUT2D eigenvalue weighted by Crippen LogP contribution is -1.98. The van der Waals surface area contributed by atoms with E-state index in [-0.39, 0.29) is 0 Å². The van der Waals surface area contributed by atoms with Crippen molar-refractivity contribution in [3.63, 3.8) is 0 Å². The van der Waals surface area contributed by atoms with Crippen molar-refractivity contribution in [3.05, 3.63) is 60.7 Å². The van der Waals surface area contributed by atoms with Gasteiger partial charge in [0.25, 0.3) is 0 Å². The summed E-state index contributed by atoms with van der Waals surface area (Å²) >= 11 is 1.93. The van der Waals surface area contributed by atoms with Gasteiger partial charge in [0.1, 0.15) is 0 Å². The van der Waals surface area contributed by atoms with Crippen LogP contribution in [-0.4, -0.2) is 4.57 Å². The number of aryl methyl sites for hydroxylation is 1. The zero-order valence-electron chi connectivity index (χ0n) is 27.2. The summed E-state index contributed by atoms with van der Waals surface area (Å²) < 4.78 is 5.45. The van der Waals surface area contributed by atoms with Gasteiger partial charge in [-0.25, -0.2) is 0 Å². The van der Waals surface area contributed by atoms with Gasteiger partial charge in [0.05, 0.1) is 5.52 Å². The molecule has 43 heavy (non-hydrogen) atoms. The molecule has 5 aromatic rings. The standard InChI is InChI=1S/C41H57NS/c1-2-3-4-5-6-7-8-9-10-11-12-13-14-15-16-17-18-19-20-21-26-33-42-37-29-24-22-27-34(37)35-31-32-39-40(41(35)42)36-28-23-25-30-38(36)43-39/h22-25,27-32H,2-21,26,33H2,1H3. The molecule has 0 N–H and O–H groups in total. The summed E-state index contributed by atoms with van der Waals surface area (Å²) in [5, 5.41) is 5.68. The Bertz CT molecular complexity index is 1500. The molecule has 2 heteroatoms. The molecule has 0 aliphatic heterocycles. The van der Waals surface area contributed by atoms with Crippen LogP contribution < -0.4 is 0 Å². The van der Waals surface area contributed by atoms with E-state index in [2.05, 4.69) is 72.2 Å². The number of thiophene rings is 1. The third-order valence-electron chi connectivity index (χ3n) is 9.76. The molecule has 2 heterocycles. The van der Waals surface area contributed by atoms with E-state index >= 15 is 0 Å². The Labute approximate surface area is 266 Å². The van der Waals surface area contributed by atoms with Crippen LogP contribution in [0.2, 0.25) is 0 Å². The SMILES string of the molecule is CCCCCCCCCCCCCCCCCCCCCCCn1c2ccccc2c2ccc3sc4ccccc4c3c21. The molecule has 0 spiro atoms. The topological polar surface area (TPSA) is 4.93 Å². The van der Waals surface area contributed by atoms with Crippen molar-refractivity contribution in [2.75, 3.05) is 0 Å². The van der Waals surface area contributed by atoms with Crippen LogP contribution in [-0.2, 0) is 6.54 Å². The van der Waals surface area contributed by atoms with E-state index in [1.165, 1.54) is 177 Å². The van der Waals surface area contributed by atoms with Crippen LogP contribution in [0.3, 0.4) is 0 Å². The van der Waals surface area contributed by atoms with E-state index in [1.54, 1.807) is 0 Å². The van der Waals surface area contributed by atoms with Gasteiger partial charge in [-0.1, -0.05) is 178 Å². The highest BCUT2D eigenvalue weighted by atomic mass is 32.1. The van der Waals surface area contributed by atoms with Crippen molar-refractivity contribution in [2.24, 2.45) is 0 Å². The summed E-state index contributed by atoms with van der Waals surface area (Å²) in [7, 11) is 0. The smallest absolute Gasteiger partial charge is 0.0585 e. The number of hydrogen-bond donors (Lipinski definition) is 0. The summed E-state index contributed by atoms with van der Waals surface area (Å²) in [6.07, 6.45) is 30.1. The second kappa shape index (κ2) is 17.8. The molecule has 2 aromatic heterocycles. The highest BCUT2D eigenvalue weighted by molar-refractivity contribution is 7.26. The minimum atomic E-state index is 1.12. The number of aromatic nitrogens is 1. The fourth-order valence-corrected chi connectivity index (χ4v) is 8.40.